The zero-order valence-corrected chi connectivity index (χ0v) is 12.5. The van der Waals surface area contributed by atoms with Gasteiger partial charge in [0.2, 0.25) is 0 Å². The predicted octanol–water partition coefficient (Wildman–Crippen LogP) is 4.05. The summed E-state index contributed by atoms with van der Waals surface area (Å²) >= 11 is 0. The third-order valence-corrected chi connectivity index (χ3v) is 1.94. The van der Waals surface area contributed by atoms with Crippen LogP contribution in [0.1, 0.15) is 41.5 Å². The number of ether oxygens (including phenoxy) is 3. The fourth-order valence-corrected chi connectivity index (χ4v) is 1.49. The van der Waals surface area contributed by atoms with E-state index in [0.29, 0.717) is 0 Å². The van der Waals surface area contributed by atoms with Crippen LogP contribution in [0.3, 0.4) is 0 Å². The van der Waals surface area contributed by atoms with Crippen LogP contribution in [0.4, 0.5) is 0 Å². The molecule has 0 fully saturated rings. The van der Waals surface area contributed by atoms with E-state index in [1.54, 1.807) is 7.11 Å². The Balaban J connectivity index is 3.02. The Hall–Kier alpha value is -1.38. The third kappa shape index (κ3) is 5.30. The van der Waals surface area contributed by atoms with Crippen molar-refractivity contribution in [2.45, 2.75) is 52.7 Å². The second kappa shape index (κ2) is 5.09. The number of hydrogen-bond acceptors (Lipinski definition) is 3. The van der Waals surface area contributed by atoms with Gasteiger partial charge in [-0.2, -0.15) is 0 Å². The fourth-order valence-electron chi connectivity index (χ4n) is 1.49. The molecular weight excluding hydrogens is 228 g/mol. The van der Waals surface area contributed by atoms with Crippen LogP contribution in [0.15, 0.2) is 18.2 Å². The fraction of sp³-hybridized carbons (Fsp3) is 0.600. The molecule has 1 rings (SSSR count). The molecule has 0 aliphatic heterocycles. The van der Waals surface area contributed by atoms with Gasteiger partial charge in [-0.25, -0.2) is 0 Å². The van der Waals surface area contributed by atoms with E-state index in [2.05, 4.69) is 0 Å². The molecule has 0 radical (unpaired) electrons. The van der Waals surface area contributed by atoms with Gasteiger partial charge in [-0.1, -0.05) is 0 Å². The quantitative estimate of drug-likeness (QED) is 0.812. The van der Waals surface area contributed by atoms with E-state index in [9.17, 15) is 0 Å². The van der Waals surface area contributed by atoms with E-state index in [-0.39, 0.29) is 11.2 Å². The van der Waals surface area contributed by atoms with Gasteiger partial charge in [-0.05, 0) is 41.5 Å². The Labute approximate surface area is 110 Å². The number of hydrogen-bond donors (Lipinski definition) is 0. The molecule has 0 N–H and O–H groups in total. The van der Waals surface area contributed by atoms with E-state index < -0.39 is 0 Å². The Morgan fingerprint density at radius 1 is 0.667 bits per heavy atom. The first-order valence-electron chi connectivity index (χ1n) is 6.16. The lowest BCUT2D eigenvalue weighted by molar-refractivity contribution is 0.120. The second-order valence-electron chi connectivity index (χ2n) is 6.27. The summed E-state index contributed by atoms with van der Waals surface area (Å²) in [5, 5.41) is 0. The number of rotatable bonds is 3. The molecule has 18 heavy (non-hydrogen) atoms. The summed E-state index contributed by atoms with van der Waals surface area (Å²) in [6, 6.07) is 5.61. The molecule has 0 saturated heterocycles. The minimum absolute atomic E-state index is 0.245. The molecule has 0 aliphatic rings. The highest BCUT2D eigenvalue weighted by atomic mass is 16.5. The SMILES string of the molecule is COc1cc(OC(C)(C)C)cc(OC(C)(C)C)c1. The standard InChI is InChI=1S/C15H24O3/c1-14(2,3)17-12-8-11(16-7)9-13(10-12)18-15(4,5)6/h8-10H,1-7H3. The molecule has 1 aromatic carbocycles. The van der Waals surface area contributed by atoms with Crippen molar-refractivity contribution < 1.29 is 14.2 Å². The highest BCUT2D eigenvalue weighted by molar-refractivity contribution is 5.42. The summed E-state index contributed by atoms with van der Waals surface area (Å²) in [5.41, 5.74) is -0.489. The van der Waals surface area contributed by atoms with Crippen molar-refractivity contribution in [3.05, 3.63) is 18.2 Å². The lowest BCUT2D eigenvalue weighted by atomic mass is 10.1. The first kappa shape index (κ1) is 14.7. The molecule has 0 atom stereocenters. The van der Waals surface area contributed by atoms with Crippen LogP contribution in [0.25, 0.3) is 0 Å². The van der Waals surface area contributed by atoms with Gasteiger partial charge in [0.15, 0.2) is 0 Å². The molecule has 0 bridgehead atoms. The molecule has 0 saturated carbocycles. The van der Waals surface area contributed by atoms with Crippen molar-refractivity contribution in [2.24, 2.45) is 0 Å². The van der Waals surface area contributed by atoms with Crippen LogP contribution in [0.2, 0.25) is 0 Å². The molecule has 3 heteroatoms. The molecular formula is C15H24O3. The van der Waals surface area contributed by atoms with E-state index >= 15 is 0 Å². The summed E-state index contributed by atoms with van der Waals surface area (Å²) in [6.45, 7) is 12.1. The molecule has 0 aromatic heterocycles. The molecule has 0 unspecified atom stereocenters. The van der Waals surface area contributed by atoms with Crippen LogP contribution in [0, 0.1) is 0 Å². The number of methoxy groups -OCH3 is 1. The molecule has 0 heterocycles. The van der Waals surface area contributed by atoms with Crippen molar-refractivity contribution in [3.63, 3.8) is 0 Å². The first-order chi connectivity index (χ1) is 8.09. The van der Waals surface area contributed by atoms with E-state index in [1.807, 2.05) is 59.7 Å². The van der Waals surface area contributed by atoms with Gasteiger partial charge in [-0.3, -0.25) is 0 Å². The van der Waals surface area contributed by atoms with E-state index in [1.165, 1.54) is 0 Å². The number of benzene rings is 1. The maximum Gasteiger partial charge on any atom is 0.127 e. The van der Waals surface area contributed by atoms with Crippen LogP contribution >= 0.6 is 0 Å². The maximum atomic E-state index is 5.84. The Bertz CT molecular complexity index is 363. The first-order valence-corrected chi connectivity index (χ1v) is 6.16. The zero-order chi connectivity index (χ0) is 14.0. The van der Waals surface area contributed by atoms with Crippen molar-refractivity contribution >= 4 is 0 Å². The molecule has 0 amide bonds. The van der Waals surface area contributed by atoms with Crippen molar-refractivity contribution in [2.75, 3.05) is 7.11 Å². The van der Waals surface area contributed by atoms with Gasteiger partial charge in [0.05, 0.1) is 7.11 Å². The lowest BCUT2D eigenvalue weighted by Crippen LogP contribution is -2.24. The second-order valence-corrected chi connectivity index (χ2v) is 6.27. The van der Waals surface area contributed by atoms with Crippen molar-refractivity contribution in [1.82, 2.24) is 0 Å². The average molecular weight is 252 g/mol. The van der Waals surface area contributed by atoms with Crippen LogP contribution < -0.4 is 14.2 Å². The normalized spacial score (nSPS) is 12.2. The average Bonchev–Trinajstić information content (AvgIpc) is 2.11. The van der Waals surface area contributed by atoms with Crippen molar-refractivity contribution in [1.29, 1.82) is 0 Å². The minimum Gasteiger partial charge on any atom is -0.496 e. The Morgan fingerprint density at radius 3 is 1.28 bits per heavy atom. The lowest BCUT2D eigenvalue weighted by Gasteiger charge is -2.24. The summed E-state index contributed by atoms with van der Waals surface area (Å²) in [7, 11) is 1.64. The zero-order valence-electron chi connectivity index (χ0n) is 12.5. The monoisotopic (exact) mass is 252 g/mol. The topological polar surface area (TPSA) is 27.7 Å². The van der Waals surface area contributed by atoms with Gasteiger partial charge >= 0.3 is 0 Å². The summed E-state index contributed by atoms with van der Waals surface area (Å²) in [6.07, 6.45) is 0. The van der Waals surface area contributed by atoms with E-state index in [4.69, 9.17) is 14.2 Å². The molecule has 102 valence electrons. The van der Waals surface area contributed by atoms with Gasteiger partial charge < -0.3 is 14.2 Å². The molecule has 0 spiro atoms. The Kier molecular flexibility index (Phi) is 4.15. The van der Waals surface area contributed by atoms with Gasteiger partial charge in [0.1, 0.15) is 28.5 Å². The smallest absolute Gasteiger partial charge is 0.127 e. The molecule has 3 nitrogen and oxygen atoms in total. The van der Waals surface area contributed by atoms with Crippen LogP contribution in [-0.2, 0) is 0 Å². The van der Waals surface area contributed by atoms with Crippen LogP contribution in [-0.4, -0.2) is 18.3 Å². The third-order valence-electron chi connectivity index (χ3n) is 1.94. The maximum absolute atomic E-state index is 5.84. The predicted molar refractivity (Wildman–Crippen MR) is 73.8 cm³/mol. The van der Waals surface area contributed by atoms with Crippen LogP contribution in [0.5, 0.6) is 17.2 Å². The highest BCUT2D eigenvalue weighted by Gasteiger charge is 2.16. The molecule has 1 aromatic rings. The summed E-state index contributed by atoms with van der Waals surface area (Å²) in [5.74, 6) is 2.23. The van der Waals surface area contributed by atoms with Crippen molar-refractivity contribution in [3.8, 4) is 17.2 Å². The summed E-state index contributed by atoms with van der Waals surface area (Å²) in [4.78, 5) is 0. The highest BCUT2D eigenvalue weighted by Crippen LogP contribution is 2.31. The van der Waals surface area contributed by atoms with Gasteiger partial charge in [0.25, 0.3) is 0 Å². The largest absolute Gasteiger partial charge is 0.496 e. The Morgan fingerprint density at radius 2 is 1.00 bits per heavy atom. The minimum atomic E-state index is -0.245. The van der Waals surface area contributed by atoms with Gasteiger partial charge in [-0.15, -0.1) is 0 Å². The van der Waals surface area contributed by atoms with Gasteiger partial charge in [0, 0.05) is 18.2 Å². The van der Waals surface area contributed by atoms with E-state index in [0.717, 1.165) is 17.2 Å². The molecule has 0 aliphatic carbocycles. The summed E-state index contributed by atoms with van der Waals surface area (Å²) < 4.78 is 16.9.